The third-order valence-electron chi connectivity index (χ3n) is 6.23. The maximum absolute atomic E-state index is 11.5. The lowest BCUT2D eigenvalue weighted by Gasteiger charge is -2.23. The first kappa shape index (κ1) is 20.3. The van der Waals surface area contributed by atoms with Crippen molar-refractivity contribution in [3.8, 4) is 11.8 Å². The predicted molar refractivity (Wildman–Crippen MR) is 123 cm³/mol. The minimum absolute atomic E-state index is 0.0806. The molecule has 5 rings (SSSR count). The Morgan fingerprint density at radius 1 is 1.29 bits per heavy atom. The minimum Gasteiger partial charge on any atom is -0.384 e. The van der Waals surface area contributed by atoms with Gasteiger partial charge in [0.2, 0.25) is 5.95 Å². The normalized spacial score (nSPS) is 18.1. The first-order chi connectivity index (χ1) is 15.0. The van der Waals surface area contributed by atoms with Crippen molar-refractivity contribution in [1.29, 1.82) is 0 Å². The van der Waals surface area contributed by atoms with E-state index in [2.05, 4.69) is 50.3 Å². The molecule has 8 heteroatoms. The summed E-state index contributed by atoms with van der Waals surface area (Å²) in [6.07, 6.45) is 8.43. The molecule has 2 aliphatic rings. The van der Waals surface area contributed by atoms with Gasteiger partial charge in [-0.15, -0.1) is 11.3 Å². The molecule has 158 valence electrons. The third-order valence-corrected chi connectivity index (χ3v) is 7.43. The fraction of sp³-hybridized carbons (Fsp3) is 0.348. The summed E-state index contributed by atoms with van der Waals surface area (Å²) < 4.78 is 0. The molecule has 31 heavy (non-hydrogen) atoms. The van der Waals surface area contributed by atoms with E-state index in [1.165, 1.54) is 54.5 Å². The summed E-state index contributed by atoms with van der Waals surface area (Å²) in [6, 6.07) is 6.45. The van der Waals surface area contributed by atoms with Gasteiger partial charge in [0.25, 0.3) is 0 Å². The van der Waals surface area contributed by atoms with Gasteiger partial charge < -0.3 is 16.2 Å². The molecule has 4 N–H and O–H groups in total. The minimum atomic E-state index is -1.48. The number of hydrogen-bond acceptors (Lipinski definition) is 7. The van der Waals surface area contributed by atoms with E-state index < -0.39 is 5.60 Å². The van der Waals surface area contributed by atoms with E-state index in [4.69, 9.17) is 17.3 Å². The first-order valence-corrected chi connectivity index (χ1v) is 11.5. The number of rotatable bonds is 3. The van der Waals surface area contributed by atoms with Crippen LogP contribution in [-0.2, 0) is 17.4 Å². The topological polar surface area (TPSA) is 97.0 Å². The van der Waals surface area contributed by atoms with E-state index >= 15 is 0 Å². The van der Waals surface area contributed by atoms with Crippen LogP contribution in [0.15, 0.2) is 36.0 Å². The molecule has 1 fully saturated rings. The highest BCUT2D eigenvalue weighted by Crippen LogP contribution is 2.48. The lowest BCUT2D eigenvalue weighted by molar-refractivity contribution is 0.100. The molecule has 3 heterocycles. The molecule has 1 atom stereocenters. The van der Waals surface area contributed by atoms with Gasteiger partial charge in [-0.3, -0.25) is 0 Å². The van der Waals surface area contributed by atoms with Crippen LogP contribution in [-0.4, -0.2) is 26.6 Å². The number of halogens is 1. The Morgan fingerprint density at radius 2 is 2.13 bits per heavy atom. The fourth-order valence-corrected chi connectivity index (χ4v) is 5.52. The maximum atomic E-state index is 11.5. The number of anilines is 2. The van der Waals surface area contributed by atoms with Crippen LogP contribution >= 0.6 is 22.9 Å². The average Bonchev–Trinajstić information content (AvgIpc) is 3.52. The second-order valence-corrected chi connectivity index (χ2v) is 9.57. The SMILES string of the molecule is Nc1ncc(Cl)c(C#C[C@](O)(Cc2ccc3c(c2)NCC32CCCC2)c2nccs2)n1. The Kier molecular flexibility index (Phi) is 5.09. The van der Waals surface area contributed by atoms with E-state index in [0.29, 0.717) is 11.4 Å². The number of thiazole rings is 1. The first-order valence-electron chi connectivity index (χ1n) is 10.3. The van der Waals surface area contributed by atoms with Gasteiger partial charge in [0.05, 0.1) is 11.2 Å². The van der Waals surface area contributed by atoms with Crippen LogP contribution in [0.2, 0.25) is 5.02 Å². The van der Waals surface area contributed by atoms with E-state index in [0.717, 1.165) is 12.1 Å². The smallest absolute Gasteiger partial charge is 0.221 e. The number of nitrogens with one attached hydrogen (secondary N) is 1. The Labute approximate surface area is 189 Å². The van der Waals surface area contributed by atoms with Crippen molar-refractivity contribution in [1.82, 2.24) is 15.0 Å². The number of nitrogens with two attached hydrogens (primary N) is 1. The molecular weight excluding hydrogens is 430 g/mol. The maximum Gasteiger partial charge on any atom is 0.221 e. The lowest BCUT2D eigenvalue weighted by atomic mass is 9.80. The molecule has 0 saturated heterocycles. The summed E-state index contributed by atoms with van der Waals surface area (Å²) in [6.45, 7) is 0.996. The summed E-state index contributed by atoms with van der Waals surface area (Å²) in [5.41, 5.74) is 8.30. The van der Waals surface area contributed by atoms with Gasteiger partial charge in [-0.05, 0) is 36.0 Å². The monoisotopic (exact) mass is 451 g/mol. The Balaban J connectivity index is 1.49. The molecule has 2 aromatic heterocycles. The standard InChI is InChI=1S/C23H22ClN5OS/c24-17-13-27-21(25)29-18(17)5-8-23(30,20-26-9-10-31-20)12-15-3-4-16-19(11-15)28-14-22(16)6-1-2-7-22/h3-4,9-11,13,28,30H,1-2,6-7,12,14H2,(H2,25,27,29)/t23-/m0/s1. The summed E-state index contributed by atoms with van der Waals surface area (Å²) in [4.78, 5) is 12.3. The summed E-state index contributed by atoms with van der Waals surface area (Å²) in [5.74, 6) is 5.91. The molecule has 0 bridgehead atoms. The number of nitrogen functional groups attached to an aromatic ring is 1. The zero-order valence-electron chi connectivity index (χ0n) is 16.9. The van der Waals surface area contributed by atoms with Crippen molar-refractivity contribution in [2.45, 2.75) is 43.1 Å². The van der Waals surface area contributed by atoms with E-state index in [1.54, 1.807) is 6.20 Å². The largest absolute Gasteiger partial charge is 0.384 e. The van der Waals surface area contributed by atoms with Crippen LogP contribution in [0.1, 0.15) is 47.5 Å². The molecular formula is C23H22ClN5OS. The van der Waals surface area contributed by atoms with E-state index in [1.807, 2.05) is 5.38 Å². The summed E-state index contributed by atoms with van der Waals surface area (Å²) >= 11 is 7.51. The van der Waals surface area contributed by atoms with Crippen molar-refractivity contribution in [2.24, 2.45) is 0 Å². The van der Waals surface area contributed by atoms with Gasteiger partial charge >= 0.3 is 0 Å². The van der Waals surface area contributed by atoms with Gasteiger partial charge in [-0.1, -0.05) is 42.5 Å². The second-order valence-electron chi connectivity index (χ2n) is 8.27. The van der Waals surface area contributed by atoms with Crippen molar-refractivity contribution in [3.05, 3.63) is 62.8 Å². The third kappa shape index (κ3) is 3.76. The van der Waals surface area contributed by atoms with Crippen LogP contribution in [0.3, 0.4) is 0 Å². The number of benzene rings is 1. The molecule has 6 nitrogen and oxygen atoms in total. The lowest BCUT2D eigenvalue weighted by Crippen LogP contribution is -2.27. The molecule has 0 amide bonds. The zero-order chi connectivity index (χ0) is 21.5. The highest BCUT2D eigenvalue weighted by molar-refractivity contribution is 7.09. The van der Waals surface area contributed by atoms with Crippen LogP contribution in [0.5, 0.6) is 0 Å². The number of aliphatic hydroxyl groups is 1. The number of hydrogen-bond donors (Lipinski definition) is 3. The summed E-state index contributed by atoms with van der Waals surface area (Å²) in [7, 11) is 0. The van der Waals surface area contributed by atoms with Gasteiger partial charge in [0, 0.05) is 35.6 Å². The number of fused-ring (bicyclic) bond motifs is 2. The second kappa shape index (κ2) is 7.79. The quantitative estimate of drug-likeness (QED) is 0.523. The average molecular weight is 452 g/mol. The molecule has 1 aromatic carbocycles. The van der Waals surface area contributed by atoms with Gasteiger partial charge in [0.15, 0.2) is 5.60 Å². The molecule has 1 saturated carbocycles. The Morgan fingerprint density at radius 3 is 2.90 bits per heavy atom. The van der Waals surface area contributed by atoms with Crippen LogP contribution < -0.4 is 11.1 Å². The van der Waals surface area contributed by atoms with E-state index in [9.17, 15) is 5.11 Å². The molecule has 0 radical (unpaired) electrons. The van der Waals surface area contributed by atoms with Gasteiger partial charge in [-0.25, -0.2) is 15.0 Å². The van der Waals surface area contributed by atoms with Crippen LogP contribution in [0.25, 0.3) is 0 Å². The molecule has 1 aliphatic heterocycles. The Hall–Kier alpha value is -2.66. The van der Waals surface area contributed by atoms with Crippen LogP contribution in [0.4, 0.5) is 11.6 Å². The highest BCUT2D eigenvalue weighted by atomic mass is 35.5. The molecule has 1 spiro atoms. The van der Waals surface area contributed by atoms with Crippen molar-refractivity contribution < 1.29 is 5.11 Å². The Bertz CT molecular complexity index is 1180. The van der Waals surface area contributed by atoms with Crippen molar-refractivity contribution >= 4 is 34.6 Å². The molecule has 0 unspecified atom stereocenters. The number of aromatic nitrogens is 3. The van der Waals surface area contributed by atoms with E-state index in [-0.39, 0.29) is 22.1 Å². The van der Waals surface area contributed by atoms with Gasteiger partial charge in [0.1, 0.15) is 10.7 Å². The van der Waals surface area contributed by atoms with Gasteiger partial charge in [-0.2, -0.15) is 0 Å². The predicted octanol–water partition coefficient (Wildman–Crippen LogP) is 3.89. The van der Waals surface area contributed by atoms with Crippen molar-refractivity contribution in [2.75, 3.05) is 17.6 Å². The molecule has 3 aromatic rings. The van der Waals surface area contributed by atoms with Crippen molar-refractivity contribution in [3.63, 3.8) is 0 Å². The fourth-order valence-electron chi connectivity index (χ4n) is 4.70. The number of nitrogens with zero attached hydrogens (tertiary/aromatic N) is 3. The zero-order valence-corrected chi connectivity index (χ0v) is 18.4. The van der Waals surface area contributed by atoms with Crippen LogP contribution in [0, 0.1) is 11.8 Å². The molecule has 1 aliphatic carbocycles. The highest BCUT2D eigenvalue weighted by Gasteiger charge is 2.41. The summed E-state index contributed by atoms with van der Waals surface area (Å²) in [5, 5.41) is 17.8.